The van der Waals surface area contributed by atoms with Gasteiger partial charge in [0, 0.05) is 42.1 Å². The molecule has 0 bridgehead atoms. The van der Waals surface area contributed by atoms with Gasteiger partial charge in [0.05, 0.1) is 34.0 Å². The van der Waals surface area contributed by atoms with Gasteiger partial charge in [-0.1, -0.05) is 6.07 Å². The van der Waals surface area contributed by atoms with E-state index >= 15 is 4.39 Å². The Hall–Kier alpha value is -5.46. The van der Waals surface area contributed by atoms with Crippen molar-refractivity contribution in [2.45, 2.75) is 13.5 Å². The first kappa shape index (κ1) is 29.6. The Kier molecular flexibility index (Phi) is 8.32. The average molecular weight is 627 g/mol. The van der Waals surface area contributed by atoms with Crippen molar-refractivity contribution in [3.63, 3.8) is 0 Å². The summed E-state index contributed by atoms with van der Waals surface area (Å²) in [5.41, 5.74) is 1.48. The van der Waals surface area contributed by atoms with Crippen LogP contribution in [-0.4, -0.2) is 32.2 Å². The van der Waals surface area contributed by atoms with E-state index in [1.165, 1.54) is 64.6 Å². The number of halogens is 2. The van der Waals surface area contributed by atoms with Gasteiger partial charge in [-0.15, -0.1) is 11.3 Å². The molecule has 6 rings (SSSR count). The molecular weight excluding hydrogens is 602 g/mol. The molecule has 6 aromatic rings. The predicted octanol–water partition coefficient (Wildman–Crippen LogP) is 6.72. The molecule has 0 aliphatic carbocycles. The fourth-order valence-electron chi connectivity index (χ4n) is 4.57. The Labute approximate surface area is 259 Å². The molecule has 12 heteroatoms. The van der Waals surface area contributed by atoms with Crippen LogP contribution in [0.4, 0.5) is 14.5 Å². The smallest absolute Gasteiger partial charge is 0.271 e. The van der Waals surface area contributed by atoms with E-state index in [-0.39, 0.29) is 36.0 Å². The minimum absolute atomic E-state index is 0.0512. The van der Waals surface area contributed by atoms with Crippen LogP contribution in [-0.2, 0) is 6.61 Å². The zero-order valence-electron chi connectivity index (χ0n) is 23.7. The van der Waals surface area contributed by atoms with Crippen molar-refractivity contribution in [3.05, 3.63) is 125 Å². The lowest BCUT2D eigenvalue weighted by atomic mass is 10.2. The number of thiophene rings is 1. The molecule has 226 valence electrons. The summed E-state index contributed by atoms with van der Waals surface area (Å²) < 4.78 is 42.0. The minimum atomic E-state index is -0.810. The summed E-state index contributed by atoms with van der Waals surface area (Å²) in [6.07, 6.45) is 4.58. The van der Waals surface area contributed by atoms with Gasteiger partial charge in [-0.25, -0.2) is 8.78 Å². The molecule has 0 radical (unpaired) electrons. The largest absolute Gasteiger partial charge is 0.493 e. The van der Waals surface area contributed by atoms with Crippen molar-refractivity contribution < 1.29 is 28.2 Å². The molecule has 4 heterocycles. The normalized spacial score (nSPS) is 11.0. The summed E-state index contributed by atoms with van der Waals surface area (Å²) in [5, 5.41) is 11.8. The lowest BCUT2D eigenvalue weighted by Gasteiger charge is -2.14. The lowest BCUT2D eigenvalue weighted by Crippen LogP contribution is -2.29. The average Bonchev–Trinajstić information content (AvgIpc) is 3.49. The number of benzene rings is 2. The van der Waals surface area contributed by atoms with Gasteiger partial charge in [0.25, 0.3) is 11.5 Å². The SMILES string of the molecule is CCOc1ccn(-c2ccc(F)cc2)c(=O)c1C(=O)Nc1ccc(Oc2ccnc3cc(-c4ccc(CO)cn4)sc23)c(F)c1. The van der Waals surface area contributed by atoms with E-state index in [1.807, 2.05) is 6.07 Å². The number of carbonyl (C=O) groups excluding carboxylic acids is 1. The van der Waals surface area contributed by atoms with Crippen LogP contribution in [0.1, 0.15) is 22.8 Å². The molecule has 0 atom stereocenters. The highest BCUT2D eigenvalue weighted by Crippen LogP contribution is 2.39. The Morgan fingerprint density at radius 2 is 1.80 bits per heavy atom. The van der Waals surface area contributed by atoms with Gasteiger partial charge in [0.1, 0.15) is 22.9 Å². The summed E-state index contributed by atoms with van der Waals surface area (Å²) in [6, 6.07) is 17.6. The highest BCUT2D eigenvalue weighted by Gasteiger charge is 2.21. The van der Waals surface area contributed by atoms with Crippen molar-refractivity contribution in [1.82, 2.24) is 14.5 Å². The van der Waals surface area contributed by atoms with Crippen LogP contribution >= 0.6 is 11.3 Å². The van der Waals surface area contributed by atoms with Gasteiger partial charge in [0.2, 0.25) is 0 Å². The highest BCUT2D eigenvalue weighted by atomic mass is 32.1. The third-order valence-electron chi connectivity index (χ3n) is 6.73. The fraction of sp³-hybridized carbons (Fsp3) is 0.0909. The van der Waals surface area contributed by atoms with E-state index in [9.17, 15) is 19.1 Å². The number of pyridine rings is 3. The van der Waals surface area contributed by atoms with Crippen LogP contribution in [0.3, 0.4) is 0 Å². The number of nitrogens with zero attached hydrogens (tertiary/aromatic N) is 3. The second-order valence-electron chi connectivity index (χ2n) is 9.68. The molecular formula is C33H24F2N4O5S. The van der Waals surface area contributed by atoms with E-state index < -0.39 is 23.1 Å². The van der Waals surface area contributed by atoms with Crippen LogP contribution in [0.25, 0.3) is 26.5 Å². The second kappa shape index (κ2) is 12.6. The molecule has 0 aliphatic heterocycles. The maximum atomic E-state index is 15.3. The van der Waals surface area contributed by atoms with Crippen LogP contribution in [0, 0.1) is 11.6 Å². The zero-order chi connectivity index (χ0) is 31.5. The first-order valence-electron chi connectivity index (χ1n) is 13.7. The molecule has 0 saturated heterocycles. The number of hydrogen-bond donors (Lipinski definition) is 2. The molecule has 1 amide bonds. The van der Waals surface area contributed by atoms with Gasteiger partial charge < -0.3 is 19.9 Å². The molecule has 2 aromatic carbocycles. The number of amides is 1. The van der Waals surface area contributed by atoms with E-state index in [4.69, 9.17) is 9.47 Å². The molecule has 0 aliphatic rings. The second-order valence-corrected chi connectivity index (χ2v) is 10.7. The van der Waals surface area contributed by atoms with E-state index in [0.29, 0.717) is 32.9 Å². The Morgan fingerprint density at radius 3 is 2.51 bits per heavy atom. The summed E-state index contributed by atoms with van der Waals surface area (Å²) in [4.78, 5) is 36.3. The maximum absolute atomic E-state index is 15.3. The van der Waals surface area contributed by atoms with Crippen molar-refractivity contribution in [1.29, 1.82) is 0 Å². The molecule has 4 aromatic heterocycles. The van der Waals surface area contributed by atoms with Crippen molar-refractivity contribution in [2.24, 2.45) is 0 Å². The topological polar surface area (TPSA) is 116 Å². The third-order valence-corrected chi connectivity index (χ3v) is 7.89. The number of aliphatic hydroxyl groups excluding tert-OH is 1. The van der Waals surface area contributed by atoms with Gasteiger partial charge >= 0.3 is 0 Å². The molecule has 45 heavy (non-hydrogen) atoms. The molecule has 0 fully saturated rings. The minimum Gasteiger partial charge on any atom is -0.493 e. The van der Waals surface area contributed by atoms with Crippen molar-refractivity contribution in [3.8, 4) is 33.5 Å². The van der Waals surface area contributed by atoms with Gasteiger partial charge in [-0.3, -0.25) is 24.1 Å². The van der Waals surface area contributed by atoms with Crippen LogP contribution in [0.15, 0.2) is 96.2 Å². The number of carbonyl (C=O) groups is 1. The maximum Gasteiger partial charge on any atom is 0.271 e. The molecule has 0 saturated carbocycles. The number of fused-ring (bicyclic) bond motifs is 1. The number of nitrogens with one attached hydrogen (secondary N) is 1. The number of hydrogen-bond acceptors (Lipinski definition) is 8. The Morgan fingerprint density at radius 1 is 0.978 bits per heavy atom. The van der Waals surface area contributed by atoms with Crippen LogP contribution < -0.4 is 20.3 Å². The van der Waals surface area contributed by atoms with E-state index in [2.05, 4.69) is 15.3 Å². The number of ether oxygens (including phenoxy) is 2. The van der Waals surface area contributed by atoms with Gasteiger partial charge in [0.15, 0.2) is 11.6 Å². The molecule has 2 N–H and O–H groups in total. The molecule has 9 nitrogen and oxygen atoms in total. The summed E-state index contributed by atoms with van der Waals surface area (Å²) in [7, 11) is 0. The highest BCUT2D eigenvalue weighted by molar-refractivity contribution is 7.22. The molecule has 0 unspecified atom stereocenters. The quantitative estimate of drug-likeness (QED) is 0.183. The van der Waals surface area contributed by atoms with Crippen LogP contribution in [0.5, 0.6) is 17.2 Å². The van der Waals surface area contributed by atoms with E-state index in [0.717, 1.165) is 10.9 Å². The van der Waals surface area contributed by atoms with Gasteiger partial charge in [-0.2, -0.15) is 0 Å². The first-order chi connectivity index (χ1) is 21.8. The number of anilines is 1. The standard InChI is InChI=1S/C33H24F2N4O5S/c1-2-43-27-12-14-39(22-7-4-20(34)5-8-22)33(42)30(27)32(41)38-21-6-10-26(23(35)15-21)44-28-11-13-36-25-16-29(45-31(25)28)24-9-3-19(18-40)17-37-24/h3-17,40H,2,18H2,1H3,(H,38,41). The first-order valence-corrected chi connectivity index (χ1v) is 14.5. The Balaban J connectivity index is 1.25. The van der Waals surface area contributed by atoms with Crippen molar-refractivity contribution in [2.75, 3.05) is 11.9 Å². The number of aliphatic hydroxyl groups is 1. The van der Waals surface area contributed by atoms with Gasteiger partial charge in [-0.05, 0) is 67.1 Å². The zero-order valence-corrected chi connectivity index (χ0v) is 24.5. The summed E-state index contributed by atoms with van der Waals surface area (Å²) >= 11 is 1.38. The van der Waals surface area contributed by atoms with Crippen molar-refractivity contribution >= 4 is 33.1 Å². The fourth-order valence-corrected chi connectivity index (χ4v) is 5.61. The summed E-state index contributed by atoms with van der Waals surface area (Å²) in [5.74, 6) is -1.69. The number of aromatic nitrogens is 3. The third kappa shape index (κ3) is 6.14. The number of rotatable bonds is 9. The lowest BCUT2D eigenvalue weighted by molar-refractivity contribution is 0.102. The van der Waals surface area contributed by atoms with Crippen LogP contribution in [0.2, 0.25) is 0 Å². The molecule has 0 spiro atoms. The predicted molar refractivity (Wildman–Crippen MR) is 166 cm³/mol. The Bertz CT molecular complexity index is 2080. The summed E-state index contributed by atoms with van der Waals surface area (Å²) in [6.45, 7) is 1.80. The monoisotopic (exact) mass is 626 g/mol. The van der Waals surface area contributed by atoms with E-state index in [1.54, 1.807) is 37.5 Å².